The number of carbonyl (C=O) groups is 1. The smallest absolute Gasteiger partial charge is 0.231 e. The average Bonchev–Trinajstić information content (AvgIpc) is 2.82. The van der Waals surface area contributed by atoms with Crippen molar-refractivity contribution in [3.8, 4) is 11.1 Å². The lowest BCUT2D eigenvalue weighted by atomic mass is 10.0. The van der Waals surface area contributed by atoms with Crippen LogP contribution in [0.3, 0.4) is 0 Å². The Morgan fingerprint density at radius 3 is 2.74 bits per heavy atom. The molecule has 0 radical (unpaired) electrons. The lowest BCUT2D eigenvalue weighted by Gasteiger charge is -2.12. The number of carbonyl (C=O) groups excluding carboxylic acids is 1. The monoisotopic (exact) mass is 260 g/mol. The Morgan fingerprint density at radius 1 is 1.37 bits per heavy atom. The van der Waals surface area contributed by atoms with Gasteiger partial charge in [-0.2, -0.15) is 5.10 Å². The lowest BCUT2D eigenvalue weighted by Crippen LogP contribution is -2.21. The Hall–Kier alpha value is -2.37. The molecule has 0 fully saturated rings. The molecular weight excluding hydrogens is 247 g/mol. The fraction of sp³-hybridized carbons (Fsp3) is 0.231. The second-order valence-corrected chi connectivity index (χ2v) is 4.66. The number of anilines is 2. The maximum atomic E-state index is 14.1. The van der Waals surface area contributed by atoms with Crippen LogP contribution in [0.1, 0.15) is 5.56 Å². The van der Waals surface area contributed by atoms with Crippen LogP contribution < -0.4 is 10.6 Å². The number of rotatable bonds is 1. The molecule has 1 amide bonds. The molecule has 6 heteroatoms. The summed E-state index contributed by atoms with van der Waals surface area (Å²) < 4.78 is 15.7. The summed E-state index contributed by atoms with van der Waals surface area (Å²) in [6.45, 7) is 0. The zero-order valence-electron chi connectivity index (χ0n) is 10.6. The van der Waals surface area contributed by atoms with Crippen LogP contribution in [0, 0.1) is 5.82 Å². The summed E-state index contributed by atoms with van der Waals surface area (Å²) in [7, 11) is 3.30. The Morgan fingerprint density at radius 2 is 2.11 bits per heavy atom. The number of likely N-dealkylation sites (N-methyl/N-ethyl adjacent to an activating group) is 1. The molecule has 19 heavy (non-hydrogen) atoms. The van der Waals surface area contributed by atoms with E-state index in [9.17, 15) is 9.18 Å². The number of amides is 1. The van der Waals surface area contributed by atoms with Crippen LogP contribution in [0.4, 0.5) is 15.9 Å². The van der Waals surface area contributed by atoms with E-state index in [1.807, 2.05) is 0 Å². The van der Waals surface area contributed by atoms with Crippen molar-refractivity contribution in [1.29, 1.82) is 0 Å². The topological polar surface area (TPSA) is 64.2 Å². The third-order valence-corrected chi connectivity index (χ3v) is 3.49. The van der Waals surface area contributed by atoms with E-state index in [4.69, 9.17) is 5.73 Å². The number of benzene rings is 1. The highest BCUT2D eigenvalue weighted by Gasteiger charge is 2.28. The Balaban J connectivity index is 2.17. The van der Waals surface area contributed by atoms with Crippen molar-refractivity contribution in [1.82, 2.24) is 9.78 Å². The molecule has 0 unspecified atom stereocenters. The molecule has 0 saturated heterocycles. The zero-order valence-corrected chi connectivity index (χ0v) is 10.6. The Labute approximate surface area is 109 Å². The molecule has 1 aromatic heterocycles. The Kier molecular flexibility index (Phi) is 2.35. The van der Waals surface area contributed by atoms with Gasteiger partial charge in [0.05, 0.1) is 18.3 Å². The lowest BCUT2D eigenvalue weighted by molar-refractivity contribution is -0.117. The molecule has 0 atom stereocenters. The minimum Gasteiger partial charge on any atom is -0.383 e. The third kappa shape index (κ3) is 1.60. The number of aryl methyl sites for hydroxylation is 1. The number of hydrogen-bond donors (Lipinski definition) is 1. The highest BCUT2D eigenvalue weighted by Crippen LogP contribution is 2.36. The van der Waals surface area contributed by atoms with Crippen molar-refractivity contribution in [3.63, 3.8) is 0 Å². The average molecular weight is 260 g/mol. The van der Waals surface area contributed by atoms with Gasteiger partial charge in [-0.15, -0.1) is 0 Å². The normalized spacial score (nSPS) is 14.1. The van der Waals surface area contributed by atoms with Crippen LogP contribution in [0.25, 0.3) is 11.1 Å². The van der Waals surface area contributed by atoms with Gasteiger partial charge in [0, 0.05) is 19.7 Å². The molecule has 0 aliphatic carbocycles. The summed E-state index contributed by atoms with van der Waals surface area (Å²) in [5.74, 6) is -0.0497. The number of fused-ring (bicyclic) bond motifs is 1. The summed E-state index contributed by atoms with van der Waals surface area (Å²) >= 11 is 0. The highest BCUT2D eigenvalue weighted by molar-refractivity contribution is 6.01. The summed E-state index contributed by atoms with van der Waals surface area (Å²) in [6.07, 6.45) is 1.81. The highest BCUT2D eigenvalue weighted by atomic mass is 19.1. The molecule has 0 spiro atoms. The largest absolute Gasteiger partial charge is 0.383 e. The molecule has 2 N–H and O–H groups in total. The maximum absolute atomic E-state index is 14.1. The summed E-state index contributed by atoms with van der Waals surface area (Å²) in [5, 5.41) is 4.04. The van der Waals surface area contributed by atoms with Crippen LogP contribution in [-0.4, -0.2) is 22.7 Å². The molecule has 1 aliphatic heterocycles. The van der Waals surface area contributed by atoms with Crippen molar-refractivity contribution in [3.05, 3.63) is 29.7 Å². The molecule has 3 rings (SSSR count). The number of hydrogen-bond acceptors (Lipinski definition) is 3. The first-order chi connectivity index (χ1) is 8.99. The molecule has 0 saturated carbocycles. The summed E-state index contributed by atoms with van der Waals surface area (Å²) in [4.78, 5) is 13.0. The molecule has 2 aromatic rings. The summed E-state index contributed by atoms with van der Waals surface area (Å²) in [6, 6.07) is 3.19. The van der Waals surface area contributed by atoms with E-state index >= 15 is 0 Å². The number of nitrogens with two attached hydrogens (primary N) is 1. The van der Waals surface area contributed by atoms with E-state index in [2.05, 4.69) is 5.10 Å². The van der Waals surface area contributed by atoms with E-state index in [1.165, 1.54) is 15.6 Å². The number of nitrogen functional groups attached to an aromatic ring is 1. The van der Waals surface area contributed by atoms with Gasteiger partial charge in [-0.1, -0.05) is 0 Å². The first-order valence-electron chi connectivity index (χ1n) is 5.86. The molecule has 1 aromatic carbocycles. The quantitative estimate of drug-likeness (QED) is 0.841. The van der Waals surface area contributed by atoms with Crippen LogP contribution in [0.15, 0.2) is 18.3 Å². The standard InChI is InChI=1S/C13H13FN4O/c1-17-11(19)5-8-3-7(4-10(14)12(8)17)9-6-16-18(2)13(9)15/h3-4,6H,5,15H2,1-2H3. The maximum Gasteiger partial charge on any atom is 0.231 e. The molecule has 1 aliphatic rings. The second kappa shape index (κ2) is 3.81. The first-order valence-corrected chi connectivity index (χ1v) is 5.86. The Bertz CT molecular complexity index is 692. The van der Waals surface area contributed by atoms with Crippen LogP contribution >= 0.6 is 0 Å². The number of aromatic nitrogens is 2. The fourth-order valence-corrected chi connectivity index (χ4v) is 2.40. The van der Waals surface area contributed by atoms with Gasteiger partial charge in [0.1, 0.15) is 11.6 Å². The van der Waals surface area contributed by atoms with Crippen molar-refractivity contribution in [2.24, 2.45) is 7.05 Å². The van der Waals surface area contributed by atoms with Crippen LogP contribution in [-0.2, 0) is 18.3 Å². The van der Waals surface area contributed by atoms with Gasteiger partial charge in [-0.25, -0.2) is 4.39 Å². The minimum atomic E-state index is -0.413. The predicted octanol–water partition coefficient (Wildman–Crippen LogP) is 1.33. The van der Waals surface area contributed by atoms with E-state index in [-0.39, 0.29) is 12.3 Å². The predicted molar refractivity (Wildman–Crippen MR) is 70.1 cm³/mol. The van der Waals surface area contributed by atoms with E-state index in [0.29, 0.717) is 28.2 Å². The third-order valence-electron chi connectivity index (χ3n) is 3.49. The molecule has 98 valence electrons. The molecule has 0 bridgehead atoms. The minimum absolute atomic E-state index is 0.106. The van der Waals surface area contributed by atoms with Crippen molar-refractivity contribution >= 4 is 17.4 Å². The molecule has 5 nitrogen and oxygen atoms in total. The van der Waals surface area contributed by atoms with Gasteiger partial charge in [-0.05, 0) is 23.3 Å². The summed E-state index contributed by atoms with van der Waals surface area (Å²) in [5.41, 5.74) is 8.24. The van der Waals surface area contributed by atoms with Gasteiger partial charge in [0.2, 0.25) is 5.91 Å². The molecular formula is C13H13FN4O. The first kappa shape index (κ1) is 11.7. The van der Waals surface area contributed by atoms with E-state index in [0.717, 1.165) is 0 Å². The van der Waals surface area contributed by atoms with E-state index < -0.39 is 5.82 Å². The van der Waals surface area contributed by atoms with Crippen molar-refractivity contribution in [2.45, 2.75) is 6.42 Å². The van der Waals surface area contributed by atoms with Crippen LogP contribution in [0.2, 0.25) is 0 Å². The van der Waals surface area contributed by atoms with Gasteiger partial charge < -0.3 is 10.6 Å². The van der Waals surface area contributed by atoms with Crippen molar-refractivity contribution < 1.29 is 9.18 Å². The van der Waals surface area contributed by atoms with Gasteiger partial charge in [-0.3, -0.25) is 9.48 Å². The zero-order chi connectivity index (χ0) is 13.7. The SMILES string of the molecule is CN1C(=O)Cc2cc(-c3cnn(C)c3N)cc(F)c21. The van der Waals surface area contributed by atoms with E-state index in [1.54, 1.807) is 26.4 Å². The van der Waals surface area contributed by atoms with Crippen LogP contribution in [0.5, 0.6) is 0 Å². The fourth-order valence-electron chi connectivity index (χ4n) is 2.40. The number of halogens is 1. The van der Waals surface area contributed by atoms with Gasteiger partial charge in [0.25, 0.3) is 0 Å². The second-order valence-electron chi connectivity index (χ2n) is 4.66. The molecule has 2 heterocycles. The van der Waals surface area contributed by atoms with Gasteiger partial charge >= 0.3 is 0 Å². The van der Waals surface area contributed by atoms with Crippen molar-refractivity contribution in [2.75, 3.05) is 17.7 Å². The van der Waals surface area contributed by atoms with Gasteiger partial charge in [0.15, 0.2) is 0 Å². The number of nitrogens with zero attached hydrogens (tertiary/aromatic N) is 3.